The standard InChI is InChI=1S/C33H29BO10/c1-4-31(35)42-20-41-28-13-9-25(10-14-28)33(37)44-30-18-17-29(21(2)22(30)3)43-32(36)24-7-5-23(6-8-24)19-40-27-15-11-26(12-16-27)34(38)39/h4-18,38-39H,1,19-20H2,2-3H3. The van der Waals surface area contributed by atoms with Gasteiger partial charge < -0.3 is 33.7 Å². The molecule has 0 spiro atoms. The van der Waals surface area contributed by atoms with Crippen LogP contribution < -0.4 is 24.4 Å². The summed E-state index contributed by atoms with van der Waals surface area (Å²) in [5.41, 5.74) is 3.06. The number of benzene rings is 4. The Morgan fingerprint density at radius 1 is 0.705 bits per heavy atom. The molecule has 0 amide bonds. The summed E-state index contributed by atoms with van der Waals surface area (Å²) in [6.07, 6.45) is 1.03. The molecule has 0 saturated heterocycles. The van der Waals surface area contributed by atoms with Crippen molar-refractivity contribution in [3.8, 4) is 23.0 Å². The number of ether oxygens (including phenoxy) is 5. The molecule has 0 bridgehead atoms. The number of carbonyl (C=O) groups is 3. The fourth-order valence-electron chi connectivity index (χ4n) is 3.85. The highest BCUT2D eigenvalue weighted by molar-refractivity contribution is 6.58. The maximum absolute atomic E-state index is 12.8. The van der Waals surface area contributed by atoms with Crippen LogP contribution in [-0.4, -0.2) is 41.9 Å². The molecule has 4 aromatic rings. The summed E-state index contributed by atoms with van der Waals surface area (Å²) in [4.78, 5) is 36.6. The highest BCUT2D eigenvalue weighted by atomic mass is 16.7. The zero-order valence-electron chi connectivity index (χ0n) is 24.0. The van der Waals surface area contributed by atoms with Crippen molar-refractivity contribution in [2.24, 2.45) is 0 Å². The summed E-state index contributed by atoms with van der Waals surface area (Å²) < 4.78 is 26.9. The van der Waals surface area contributed by atoms with Crippen LogP contribution in [0.3, 0.4) is 0 Å². The molecule has 0 heterocycles. The third kappa shape index (κ3) is 8.34. The lowest BCUT2D eigenvalue weighted by Gasteiger charge is -2.14. The zero-order valence-corrected chi connectivity index (χ0v) is 24.0. The normalized spacial score (nSPS) is 10.4. The molecule has 0 atom stereocenters. The lowest BCUT2D eigenvalue weighted by atomic mass is 9.80. The summed E-state index contributed by atoms with van der Waals surface area (Å²) in [6.45, 7) is 6.77. The van der Waals surface area contributed by atoms with Crippen LogP contribution in [0.4, 0.5) is 0 Å². The van der Waals surface area contributed by atoms with Gasteiger partial charge in [0.15, 0.2) is 0 Å². The second-order valence-corrected chi connectivity index (χ2v) is 9.47. The summed E-state index contributed by atoms with van der Waals surface area (Å²) in [7, 11) is -1.54. The topological polar surface area (TPSA) is 138 Å². The fourth-order valence-corrected chi connectivity index (χ4v) is 3.85. The van der Waals surface area contributed by atoms with Crippen LogP contribution in [0.15, 0.2) is 97.6 Å². The first kappa shape index (κ1) is 31.5. The van der Waals surface area contributed by atoms with Crippen LogP contribution in [0.25, 0.3) is 0 Å². The summed E-state index contributed by atoms with van der Waals surface area (Å²) in [6, 6.07) is 22.4. The number of carbonyl (C=O) groups excluding carboxylic acids is 3. The van der Waals surface area contributed by atoms with Crippen molar-refractivity contribution in [1.29, 1.82) is 0 Å². The van der Waals surface area contributed by atoms with E-state index in [0.717, 1.165) is 11.6 Å². The summed E-state index contributed by atoms with van der Waals surface area (Å²) in [5.74, 6) is -0.153. The van der Waals surface area contributed by atoms with Gasteiger partial charge in [0.2, 0.25) is 6.79 Å². The van der Waals surface area contributed by atoms with Gasteiger partial charge in [-0.15, -0.1) is 0 Å². The highest BCUT2D eigenvalue weighted by Gasteiger charge is 2.17. The van der Waals surface area contributed by atoms with Crippen LogP contribution in [0, 0.1) is 13.8 Å². The number of esters is 3. The van der Waals surface area contributed by atoms with Crippen LogP contribution in [0.2, 0.25) is 0 Å². The fraction of sp³-hybridized carbons (Fsp3) is 0.121. The third-order valence-corrected chi connectivity index (χ3v) is 6.55. The molecular formula is C33H29BO10. The average molecular weight is 596 g/mol. The average Bonchev–Trinajstić information content (AvgIpc) is 3.04. The molecule has 0 saturated carbocycles. The van der Waals surface area contributed by atoms with Crippen molar-refractivity contribution < 1.29 is 48.1 Å². The Kier molecular flexibility index (Phi) is 10.5. The molecule has 2 N–H and O–H groups in total. The van der Waals surface area contributed by atoms with Crippen molar-refractivity contribution in [2.75, 3.05) is 6.79 Å². The van der Waals surface area contributed by atoms with Gasteiger partial charge in [-0.05, 0) is 96.7 Å². The van der Waals surface area contributed by atoms with Gasteiger partial charge in [-0.1, -0.05) is 30.8 Å². The number of hydrogen-bond donors (Lipinski definition) is 2. The molecule has 224 valence electrons. The molecule has 11 heteroatoms. The second kappa shape index (κ2) is 14.7. The van der Waals surface area contributed by atoms with Gasteiger partial charge >= 0.3 is 25.0 Å². The van der Waals surface area contributed by atoms with E-state index in [1.54, 1.807) is 86.6 Å². The molecule has 0 aliphatic rings. The Balaban J connectivity index is 1.31. The molecule has 0 radical (unpaired) electrons. The smallest absolute Gasteiger partial charge is 0.488 e. The monoisotopic (exact) mass is 596 g/mol. The highest BCUT2D eigenvalue weighted by Crippen LogP contribution is 2.30. The number of hydrogen-bond acceptors (Lipinski definition) is 10. The zero-order chi connectivity index (χ0) is 31.6. The minimum atomic E-state index is -1.54. The minimum absolute atomic E-state index is 0.250. The van der Waals surface area contributed by atoms with Crippen molar-refractivity contribution in [3.05, 3.63) is 125 Å². The van der Waals surface area contributed by atoms with Crippen LogP contribution >= 0.6 is 0 Å². The van der Waals surface area contributed by atoms with E-state index >= 15 is 0 Å². The van der Waals surface area contributed by atoms with Crippen LogP contribution in [0.5, 0.6) is 23.0 Å². The molecule has 10 nitrogen and oxygen atoms in total. The van der Waals surface area contributed by atoms with E-state index in [1.807, 2.05) is 0 Å². The molecule has 44 heavy (non-hydrogen) atoms. The van der Waals surface area contributed by atoms with Crippen LogP contribution in [-0.2, 0) is 16.1 Å². The van der Waals surface area contributed by atoms with E-state index in [2.05, 4.69) is 6.58 Å². The first-order valence-corrected chi connectivity index (χ1v) is 13.4. The Labute approximate surface area is 254 Å². The molecule has 0 unspecified atom stereocenters. The predicted octanol–water partition coefficient (Wildman–Crippen LogP) is 4.07. The van der Waals surface area contributed by atoms with Gasteiger partial charge in [0.25, 0.3) is 0 Å². The Hall–Kier alpha value is -5.39. The molecule has 0 aliphatic carbocycles. The van der Waals surface area contributed by atoms with E-state index in [4.69, 9.17) is 23.7 Å². The quantitative estimate of drug-likeness (QED) is 0.0810. The third-order valence-electron chi connectivity index (χ3n) is 6.55. The minimum Gasteiger partial charge on any atom is -0.489 e. The van der Waals surface area contributed by atoms with Gasteiger partial charge in [-0.3, -0.25) is 0 Å². The molecule has 0 aromatic heterocycles. The maximum atomic E-state index is 12.8. The van der Waals surface area contributed by atoms with Crippen molar-refractivity contribution in [3.63, 3.8) is 0 Å². The molecule has 4 aromatic carbocycles. The van der Waals surface area contributed by atoms with Crippen LogP contribution in [0.1, 0.15) is 37.4 Å². The summed E-state index contributed by atoms with van der Waals surface area (Å²) >= 11 is 0. The molecule has 4 rings (SSSR count). The van der Waals surface area contributed by atoms with E-state index in [1.165, 1.54) is 12.1 Å². The maximum Gasteiger partial charge on any atom is 0.488 e. The largest absolute Gasteiger partial charge is 0.489 e. The van der Waals surface area contributed by atoms with Crippen molar-refractivity contribution >= 4 is 30.5 Å². The molecule has 0 fully saturated rings. The first-order chi connectivity index (χ1) is 21.1. The Morgan fingerprint density at radius 2 is 1.18 bits per heavy atom. The number of rotatable bonds is 12. The van der Waals surface area contributed by atoms with E-state index in [-0.39, 0.29) is 19.0 Å². The van der Waals surface area contributed by atoms with Gasteiger partial charge in [-0.2, -0.15) is 0 Å². The van der Waals surface area contributed by atoms with E-state index < -0.39 is 25.0 Å². The lowest BCUT2D eigenvalue weighted by Crippen LogP contribution is -2.29. The van der Waals surface area contributed by atoms with Gasteiger partial charge in [0, 0.05) is 6.08 Å². The Bertz CT molecular complexity index is 1630. The van der Waals surface area contributed by atoms with Crippen molar-refractivity contribution in [2.45, 2.75) is 20.5 Å². The summed E-state index contributed by atoms with van der Waals surface area (Å²) in [5, 5.41) is 18.4. The molecular weight excluding hydrogens is 567 g/mol. The lowest BCUT2D eigenvalue weighted by molar-refractivity contribution is -0.144. The SMILES string of the molecule is C=CC(=O)OCOc1ccc(C(=O)Oc2ccc(OC(=O)c3ccc(COc4ccc(B(O)O)cc4)cc3)c(C)c2C)cc1. The van der Waals surface area contributed by atoms with E-state index in [0.29, 0.717) is 45.2 Å². The van der Waals surface area contributed by atoms with Gasteiger partial charge in [0.05, 0.1) is 11.1 Å². The van der Waals surface area contributed by atoms with Gasteiger partial charge in [-0.25, -0.2) is 14.4 Å². The Morgan fingerprint density at radius 3 is 1.68 bits per heavy atom. The van der Waals surface area contributed by atoms with Crippen molar-refractivity contribution in [1.82, 2.24) is 0 Å². The first-order valence-electron chi connectivity index (χ1n) is 13.4. The second-order valence-electron chi connectivity index (χ2n) is 9.47. The molecule has 0 aliphatic heterocycles. The van der Waals surface area contributed by atoms with Gasteiger partial charge in [0.1, 0.15) is 29.6 Å². The predicted molar refractivity (Wildman–Crippen MR) is 161 cm³/mol. The van der Waals surface area contributed by atoms with E-state index in [9.17, 15) is 24.4 Å².